The van der Waals surface area contributed by atoms with Gasteiger partial charge in [-0.2, -0.15) is 5.10 Å². The minimum atomic E-state index is -0.793. The van der Waals surface area contributed by atoms with Gasteiger partial charge in [0.1, 0.15) is 5.69 Å². The van der Waals surface area contributed by atoms with Crippen LogP contribution in [0.1, 0.15) is 10.5 Å². The summed E-state index contributed by atoms with van der Waals surface area (Å²) in [6.07, 6.45) is 0.858. The van der Waals surface area contributed by atoms with Crippen LogP contribution in [0.3, 0.4) is 0 Å². The minimum Gasteiger partial charge on any atom is -0.394 e. The van der Waals surface area contributed by atoms with Crippen molar-refractivity contribution in [3.8, 4) is 5.69 Å². The van der Waals surface area contributed by atoms with Crippen LogP contribution in [0, 0.1) is 0 Å². The van der Waals surface area contributed by atoms with Gasteiger partial charge >= 0.3 is 0 Å². The number of nitrogens with two attached hydrogens (primary N) is 1. The van der Waals surface area contributed by atoms with Crippen LogP contribution < -0.4 is 11.1 Å². The topological polar surface area (TPSA) is 113 Å². The number of carbonyl (C=O) groups excluding carboxylic acids is 1. The molecule has 5 N–H and O–H groups in total. The molecule has 1 aromatic heterocycles. The number of primary amides is 1. The molecular weight excluding hydrogens is 260 g/mol. The summed E-state index contributed by atoms with van der Waals surface area (Å²) in [6.45, 7) is -0.0162. The van der Waals surface area contributed by atoms with E-state index in [0.717, 1.165) is 11.4 Å². The van der Waals surface area contributed by atoms with Crippen LogP contribution in [0.5, 0.6) is 0 Å². The molecule has 0 saturated carbocycles. The molecule has 2 rings (SSSR count). The highest BCUT2D eigenvalue weighted by molar-refractivity contribution is 5.90. The van der Waals surface area contributed by atoms with Crippen molar-refractivity contribution in [3.05, 3.63) is 42.2 Å². The Kier molecular flexibility index (Phi) is 4.34. The molecule has 20 heavy (non-hydrogen) atoms. The van der Waals surface area contributed by atoms with E-state index in [0.29, 0.717) is 0 Å². The van der Waals surface area contributed by atoms with E-state index in [-0.39, 0.29) is 18.8 Å². The van der Waals surface area contributed by atoms with E-state index in [2.05, 4.69) is 10.4 Å². The van der Waals surface area contributed by atoms with Gasteiger partial charge in [0.15, 0.2) is 0 Å². The van der Waals surface area contributed by atoms with Crippen molar-refractivity contribution >= 4 is 11.6 Å². The number of benzene rings is 1. The molecule has 0 bridgehead atoms. The number of nitrogens with one attached hydrogen (secondary N) is 1. The molecule has 0 fully saturated rings. The Morgan fingerprint density at radius 2 is 2.05 bits per heavy atom. The predicted octanol–water partition coefficient (Wildman–Crippen LogP) is -0.264. The average molecular weight is 276 g/mol. The maximum Gasteiger partial charge on any atom is 0.269 e. The molecule has 1 atom stereocenters. The fraction of sp³-hybridized carbons (Fsp3) is 0.231. The number of anilines is 1. The second kappa shape index (κ2) is 6.18. The second-order valence-electron chi connectivity index (χ2n) is 4.27. The smallest absolute Gasteiger partial charge is 0.269 e. The van der Waals surface area contributed by atoms with Crippen LogP contribution in [0.4, 0.5) is 5.69 Å². The first-order valence-corrected chi connectivity index (χ1v) is 6.09. The van der Waals surface area contributed by atoms with Gasteiger partial charge in [-0.1, -0.05) is 0 Å². The van der Waals surface area contributed by atoms with Gasteiger partial charge in [-0.3, -0.25) is 4.79 Å². The quantitative estimate of drug-likeness (QED) is 0.580. The Hall–Kier alpha value is -2.38. The molecule has 106 valence electrons. The zero-order valence-electron chi connectivity index (χ0n) is 10.7. The largest absolute Gasteiger partial charge is 0.394 e. The lowest BCUT2D eigenvalue weighted by Gasteiger charge is -2.10. The van der Waals surface area contributed by atoms with Crippen LogP contribution in [0.25, 0.3) is 5.69 Å². The van der Waals surface area contributed by atoms with E-state index < -0.39 is 12.0 Å². The molecule has 0 radical (unpaired) electrons. The fourth-order valence-corrected chi connectivity index (χ4v) is 1.63. The van der Waals surface area contributed by atoms with Crippen LogP contribution >= 0.6 is 0 Å². The number of hydrogen-bond acceptors (Lipinski definition) is 5. The highest BCUT2D eigenvalue weighted by atomic mass is 16.3. The van der Waals surface area contributed by atoms with Crippen molar-refractivity contribution in [3.63, 3.8) is 0 Å². The number of carbonyl (C=O) groups is 1. The maximum atomic E-state index is 11.0. The van der Waals surface area contributed by atoms with Gasteiger partial charge in [0, 0.05) is 18.4 Å². The van der Waals surface area contributed by atoms with Crippen LogP contribution in [0.2, 0.25) is 0 Å². The second-order valence-corrected chi connectivity index (χ2v) is 4.27. The fourth-order valence-electron chi connectivity index (χ4n) is 1.63. The highest BCUT2D eigenvalue weighted by Crippen LogP contribution is 2.13. The van der Waals surface area contributed by atoms with E-state index >= 15 is 0 Å². The number of aromatic nitrogens is 2. The van der Waals surface area contributed by atoms with E-state index in [4.69, 9.17) is 10.8 Å². The third kappa shape index (κ3) is 3.34. The Morgan fingerprint density at radius 1 is 1.35 bits per heavy atom. The molecule has 7 heteroatoms. The number of nitrogens with zero attached hydrogens (tertiary/aromatic N) is 2. The summed E-state index contributed by atoms with van der Waals surface area (Å²) in [4.78, 5) is 11.0. The van der Waals surface area contributed by atoms with Gasteiger partial charge in [-0.15, -0.1) is 0 Å². The van der Waals surface area contributed by atoms with Crippen molar-refractivity contribution in [2.24, 2.45) is 5.73 Å². The van der Waals surface area contributed by atoms with E-state index in [9.17, 15) is 9.90 Å². The first kappa shape index (κ1) is 14.0. The van der Waals surface area contributed by atoms with Gasteiger partial charge in [0.25, 0.3) is 5.91 Å². The summed E-state index contributed by atoms with van der Waals surface area (Å²) in [5, 5.41) is 25.0. The Bertz CT molecular complexity index is 580. The Morgan fingerprint density at radius 3 is 2.60 bits per heavy atom. The van der Waals surface area contributed by atoms with E-state index in [1.165, 1.54) is 0 Å². The monoisotopic (exact) mass is 276 g/mol. The first-order chi connectivity index (χ1) is 9.60. The summed E-state index contributed by atoms with van der Waals surface area (Å²) < 4.78 is 1.55. The number of aliphatic hydroxyl groups is 2. The average Bonchev–Trinajstić information content (AvgIpc) is 2.95. The normalized spacial score (nSPS) is 12.1. The molecule has 1 amide bonds. The van der Waals surface area contributed by atoms with Crippen molar-refractivity contribution in [1.29, 1.82) is 0 Å². The lowest BCUT2D eigenvalue weighted by molar-refractivity contribution is 0.0995. The molecule has 1 aromatic carbocycles. The summed E-state index contributed by atoms with van der Waals surface area (Å²) >= 11 is 0. The standard InChI is InChI=1S/C13H16N4O3/c14-13(20)12-5-6-17(16-12)10-3-1-9(2-4-10)15-7-11(19)8-18/h1-6,11,15,18-19H,7-8H2,(H2,14,20). The van der Waals surface area contributed by atoms with Crippen molar-refractivity contribution in [2.45, 2.75) is 6.10 Å². The zero-order chi connectivity index (χ0) is 14.5. The molecule has 0 saturated heterocycles. The molecule has 1 unspecified atom stereocenters. The third-order valence-corrected chi connectivity index (χ3v) is 2.73. The summed E-state index contributed by atoms with van der Waals surface area (Å²) in [5.74, 6) is -0.569. The van der Waals surface area contributed by atoms with Gasteiger partial charge in [-0.05, 0) is 30.3 Å². The molecule has 7 nitrogen and oxygen atoms in total. The predicted molar refractivity (Wildman–Crippen MR) is 73.7 cm³/mol. The number of amides is 1. The summed E-state index contributed by atoms with van der Waals surface area (Å²) in [5.41, 5.74) is 6.94. The Labute approximate surface area is 115 Å². The lowest BCUT2D eigenvalue weighted by Crippen LogP contribution is -2.22. The first-order valence-electron chi connectivity index (χ1n) is 6.09. The van der Waals surface area contributed by atoms with E-state index in [1.54, 1.807) is 16.9 Å². The van der Waals surface area contributed by atoms with Crippen LogP contribution in [0.15, 0.2) is 36.5 Å². The Balaban J connectivity index is 2.05. The SMILES string of the molecule is NC(=O)c1ccn(-c2ccc(NCC(O)CO)cc2)n1. The van der Waals surface area contributed by atoms with Crippen molar-refractivity contribution < 1.29 is 15.0 Å². The molecule has 1 heterocycles. The molecule has 0 spiro atoms. The minimum absolute atomic E-state index is 0.207. The van der Waals surface area contributed by atoms with Crippen LogP contribution in [-0.4, -0.2) is 45.2 Å². The van der Waals surface area contributed by atoms with Gasteiger partial charge < -0.3 is 21.3 Å². The third-order valence-electron chi connectivity index (χ3n) is 2.73. The van der Waals surface area contributed by atoms with Crippen LogP contribution in [-0.2, 0) is 0 Å². The van der Waals surface area contributed by atoms with Crippen molar-refractivity contribution in [2.75, 3.05) is 18.5 Å². The van der Waals surface area contributed by atoms with Gasteiger partial charge in [-0.25, -0.2) is 4.68 Å². The number of aliphatic hydroxyl groups excluding tert-OH is 2. The molecule has 0 aliphatic rings. The van der Waals surface area contributed by atoms with E-state index in [1.807, 2.05) is 24.3 Å². The molecular formula is C13H16N4O3. The molecule has 0 aliphatic carbocycles. The summed E-state index contributed by atoms with van der Waals surface area (Å²) in [6, 6.07) is 8.79. The zero-order valence-corrected chi connectivity index (χ0v) is 10.7. The maximum absolute atomic E-state index is 11.0. The number of rotatable bonds is 6. The van der Waals surface area contributed by atoms with Crippen molar-refractivity contribution in [1.82, 2.24) is 9.78 Å². The lowest BCUT2D eigenvalue weighted by atomic mass is 10.2. The molecule has 0 aliphatic heterocycles. The molecule has 2 aromatic rings. The number of hydrogen-bond donors (Lipinski definition) is 4. The summed E-state index contributed by atoms with van der Waals surface area (Å²) in [7, 11) is 0. The highest BCUT2D eigenvalue weighted by Gasteiger charge is 2.06. The van der Waals surface area contributed by atoms with Gasteiger partial charge in [0.2, 0.25) is 0 Å². The van der Waals surface area contributed by atoms with Gasteiger partial charge in [0.05, 0.1) is 18.4 Å².